The second-order valence-corrected chi connectivity index (χ2v) is 9.71. The van der Waals surface area contributed by atoms with E-state index in [1.807, 2.05) is 0 Å². The molecule has 0 unspecified atom stereocenters. The average molecular weight is 576 g/mol. The van der Waals surface area contributed by atoms with Crippen molar-refractivity contribution in [2.75, 3.05) is 61.6 Å². The standard InChI is InChI=1S/C28H33NO10S/c1-32-20-12-11-18(10-9-17-13-21(33-2)26(37-6)22(14-17)34-3)25(28(20)39-8)29-40(30,31)19-15-23(35-4)27(38-7)24(16-19)36-5/h9-16,29H,1-8H3. The lowest BCUT2D eigenvalue weighted by Crippen LogP contribution is -2.15. The first-order chi connectivity index (χ1) is 19.2. The molecule has 0 saturated carbocycles. The van der Waals surface area contributed by atoms with Crippen molar-refractivity contribution in [2.24, 2.45) is 0 Å². The topological polar surface area (TPSA) is 120 Å². The maximum Gasteiger partial charge on any atom is 0.262 e. The molecule has 40 heavy (non-hydrogen) atoms. The van der Waals surface area contributed by atoms with Crippen LogP contribution in [0.15, 0.2) is 41.3 Å². The minimum absolute atomic E-state index is 0.119. The van der Waals surface area contributed by atoms with E-state index in [0.717, 1.165) is 0 Å². The van der Waals surface area contributed by atoms with Gasteiger partial charge in [0.25, 0.3) is 10.0 Å². The van der Waals surface area contributed by atoms with E-state index in [4.69, 9.17) is 37.9 Å². The van der Waals surface area contributed by atoms with Gasteiger partial charge in [0.15, 0.2) is 34.5 Å². The van der Waals surface area contributed by atoms with Crippen LogP contribution in [0, 0.1) is 0 Å². The van der Waals surface area contributed by atoms with Gasteiger partial charge in [-0.05, 0) is 29.8 Å². The van der Waals surface area contributed by atoms with Gasteiger partial charge < -0.3 is 37.9 Å². The minimum Gasteiger partial charge on any atom is -0.493 e. The van der Waals surface area contributed by atoms with Gasteiger partial charge >= 0.3 is 0 Å². The minimum atomic E-state index is -4.19. The fraction of sp³-hybridized carbons (Fsp3) is 0.286. The van der Waals surface area contributed by atoms with Gasteiger partial charge in [-0.15, -0.1) is 0 Å². The van der Waals surface area contributed by atoms with Crippen LogP contribution in [0.1, 0.15) is 11.1 Å². The van der Waals surface area contributed by atoms with Crippen molar-refractivity contribution in [3.8, 4) is 46.0 Å². The van der Waals surface area contributed by atoms with Crippen LogP contribution >= 0.6 is 0 Å². The Morgan fingerprint density at radius 3 is 1.43 bits per heavy atom. The van der Waals surface area contributed by atoms with Crippen LogP contribution in [0.25, 0.3) is 12.2 Å². The molecule has 0 aliphatic carbocycles. The van der Waals surface area contributed by atoms with Gasteiger partial charge in [-0.2, -0.15) is 0 Å². The molecule has 0 aliphatic heterocycles. The lowest BCUT2D eigenvalue weighted by atomic mass is 10.1. The Balaban J connectivity index is 2.15. The van der Waals surface area contributed by atoms with E-state index in [2.05, 4.69) is 4.72 Å². The molecule has 216 valence electrons. The zero-order chi connectivity index (χ0) is 29.4. The number of sulfonamides is 1. The number of methoxy groups -OCH3 is 8. The first-order valence-corrected chi connectivity index (χ1v) is 13.3. The number of hydrogen-bond acceptors (Lipinski definition) is 10. The molecule has 11 nitrogen and oxygen atoms in total. The van der Waals surface area contributed by atoms with Crippen molar-refractivity contribution >= 4 is 27.9 Å². The summed E-state index contributed by atoms with van der Waals surface area (Å²) in [6, 6.07) is 9.56. The predicted octanol–water partition coefficient (Wildman–Crippen LogP) is 4.73. The third-order valence-corrected chi connectivity index (χ3v) is 7.23. The second-order valence-electron chi connectivity index (χ2n) is 8.02. The summed E-state index contributed by atoms with van der Waals surface area (Å²) in [5.41, 5.74) is 1.35. The normalized spacial score (nSPS) is 11.1. The average Bonchev–Trinajstić information content (AvgIpc) is 2.98. The molecule has 12 heteroatoms. The third kappa shape index (κ3) is 6.07. The summed E-state index contributed by atoms with van der Waals surface area (Å²) in [4.78, 5) is -0.119. The largest absolute Gasteiger partial charge is 0.493 e. The van der Waals surface area contributed by atoms with E-state index in [-0.39, 0.29) is 33.6 Å². The summed E-state index contributed by atoms with van der Waals surface area (Å²) in [6.07, 6.45) is 3.48. The van der Waals surface area contributed by atoms with E-state index in [9.17, 15) is 8.42 Å². The van der Waals surface area contributed by atoms with Crippen LogP contribution in [0.5, 0.6) is 46.0 Å². The Hall–Kier alpha value is -4.45. The second kappa shape index (κ2) is 13.1. The van der Waals surface area contributed by atoms with Gasteiger partial charge in [0.2, 0.25) is 11.5 Å². The van der Waals surface area contributed by atoms with Crippen molar-refractivity contribution in [3.05, 3.63) is 47.5 Å². The van der Waals surface area contributed by atoms with Gasteiger partial charge in [0.05, 0.1) is 61.8 Å². The highest BCUT2D eigenvalue weighted by molar-refractivity contribution is 7.92. The van der Waals surface area contributed by atoms with Crippen molar-refractivity contribution in [2.45, 2.75) is 4.90 Å². The maximum atomic E-state index is 13.6. The van der Waals surface area contributed by atoms with E-state index in [1.54, 1.807) is 36.4 Å². The first kappa shape index (κ1) is 30.1. The van der Waals surface area contributed by atoms with E-state index >= 15 is 0 Å². The molecule has 0 amide bonds. The number of nitrogens with one attached hydrogen (secondary N) is 1. The van der Waals surface area contributed by atoms with Crippen molar-refractivity contribution in [3.63, 3.8) is 0 Å². The van der Waals surface area contributed by atoms with Crippen LogP contribution in [0.2, 0.25) is 0 Å². The summed E-state index contributed by atoms with van der Waals surface area (Å²) in [6.45, 7) is 0. The molecule has 3 rings (SSSR count). The summed E-state index contributed by atoms with van der Waals surface area (Å²) in [7, 11) is 7.49. The molecule has 0 radical (unpaired) electrons. The molecule has 3 aromatic carbocycles. The molecule has 0 spiro atoms. The van der Waals surface area contributed by atoms with Crippen LogP contribution in [-0.2, 0) is 10.0 Å². The molecular formula is C28H33NO10S. The summed E-state index contributed by atoms with van der Waals surface area (Å²) in [5.74, 6) is 2.53. The van der Waals surface area contributed by atoms with Crippen LogP contribution in [-0.4, -0.2) is 65.3 Å². The summed E-state index contributed by atoms with van der Waals surface area (Å²) < 4.78 is 73.1. The molecule has 0 heterocycles. The molecule has 0 saturated heterocycles. The highest BCUT2D eigenvalue weighted by atomic mass is 32.2. The quantitative estimate of drug-likeness (QED) is 0.287. The third-order valence-electron chi connectivity index (χ3n) is 5.91. The SMILES string of the molecule is COc1cc(C=Cc2ccc(OC)c(OC)c2NS(=O)(=O)c2cc(OC)c(OC)c(OC)c2)cc(OC)c1OC. The van der Waals surface area contributed by atoms with E-state index < -0.39 is 10.0 Å². The Bertz CT molecular complexity index is 1430. The van der Waals surface area contributed by atoms with Gasteiger partial charge in [-0.1, -0.05) is 12.2 Å². The Morgan fingerprint density at radius 1 is 0.550 bits per heavy atom. The first-order valence-electron chi connectivity index (χ1n) is 11.8. The van der Waals surface area contributed by atoms with E-state index in [1.165, 1.54) is 69.0 Å². The smallest absolute Gasteiger partial charge is 0.262 e. The fourth-order valence-electron chi connectivity index (χ4n) is 3.98. The zero-order valence-corrected chi connectivity index (χ0v) is 24.4. The van der Waals surface area contributed by atoms with Crippen LogP contribution < -0.4 is 42.6 Å². The van der Waals surface area contributed by atoms with Crippen molar-refractivity contribution < 1.29 is 46.3 Å². The molecule has 0 bridgehead atoms. The highest BCUT2D eigenvalue weighted by Gasteiger charge is 2.25. The maximum absolute atomic E-state index is 13.6. The zero-order valence-electron chi connectivity index (χ0n) is 23.6. The van der Waals surface area contributed by atoms with Gasteiger partial charge in [0, 0.05) is 17.7 Å². The monoisotopic (exact) mass is 575 g/mol. The number of rotatable bonds is 13. The molecule has 0 atom stereocenters. The lowest BCUT2D eigenvalue weighted by molar-refractivity contribution is 0.323. The van der Waals surface area contributed by atoms with Crippen LogP contribution in [0.4, 0.5) is 5.69 Å². The predicted molar refractivity (Wildman–Crippen MR) is 151 cm³/mol. The molecule has 1 N–H and O–H groups in total. The van der Waals surface area contributed by atoms with Gasteiger partial charge in [-0.25, -0.2) is 8.42 Å². The number of benzene rings is 3. The Morgan fingerprint density at radius 2 is 1.00 bits per heavy atom. The Labute approximate surface area is 234 Å². The van der Waals surface area contributed by atoms with Crippen molar-refractivity contribution in [1.82, 2.24) is 0 Å². The molecule has 0 aromatic heterocycles. The van der Waals surface area contributed by atoms with Crippen molar-refractivity contribution in [1.29, 1.82) is 0 Å². The Kier molecular flexibility index (Phi) is 9.83. The van der Waals surface area contributed by atoms with Gasteiger partial charge in [0.1, 0.15) is 5.69 Å². The fourth-order valence-corrected chi connectivity index (χ4v) is 5.10. The number of ether oxygens (including phenoxy) is 8. The molecule has 0 aliphatic rings. The lowest BCUT2D eigenvalue weighted by Gasteiger charge is -2.18. The molecule has 3 aromatic rings. The number of hydrogen-bond donors (Lipinski definition) is 1. The molecular weight excluding hydrogens is 542 g/mol. The highest BCUT2D eigenvalue weighted by Crippen LogP contribution is 2.43. The summed E-state index contributed by atoms with van der Waals surface area (Å²) in [5, 5.41) is 0. The molecule has 0 fully saturated rings. The number of anilines is 1. The van der Waals surface area contributed by atoms with Gasteiger partial charge in [-0.3, -0.25) is 4.72 Å². The van der Waals surface area contributed by atoms with Crippen LogP contribution in [0.3, 0.4) is 0 Å². The van der Waals surface area contributed by atoms with E-state index in [0.29, 0.717) is 34.1 Å². The summed E-state index contributed by atoms with van der Waals surface area (Å²) >= 11 is 0.